The lowest BCUT2D eigenvalue weighted by molar-refractivity contribution is -0.117. The van der Waals surface area contributed by atoms with E-state index >= 15 is 0 Å². The van der Waals surface area contributed by atoms with Gasteiger partial charge in [0, 0.05) is 18.9 Å². The van der Waals surface area contributed by atoms with Crippen molar-refractivity contribution in [3.8, 4) is 6.07 Å². The molecule has 30 heavy (non-hydrogen) atoms. The standard InChI is InChI=1S/C24H19N3O.C2H6/c25-17-23(24(28)27-18-22-12-14-26-15-13-22)16-21-10-8-20(9-11-21)7-6-19-4-2-1-3-5-19;1-2/h1-16H,18H2,(H,27,28);1-2H3/b7-6+,23-16+;. The zero-order chi connectivity index (χ0) is 21.6. The summed E-state index contributed by atoms with van der Waals surface area (Å²) in [5, 5.41) is 12.1. The predicted octanol–water partition coefficient (Wildman–Crippen LogP) is 5.50. The van der Waals surface area contributed by atoms with Gasteiger partial charge in [-0.2, -0.15) is 5.26 Å². The van der Waals surface area contributed by atoms with Gasteiger partial charge in [0.2, 0.25) is 0 Å². The monoisotopic (exact) mass is 395 g/mol. The van der Waals surface area contributed by atoms with Gasteiger partial charge in [0.15, 0.2) is 0 Å². The number of aromatic nitrogens is 1. The number of nitrogens with zero attached hydrogens (tertiary/aromatic N) is 2. The normalized spacial score (nSPS) is 10.6. The Hall–Kier alpha value is -3.97. The number of carbonyl (C=O) groups is 1. The Morgan fingerprint density at radius 1 is 0.900 bits per heavy atom. The van der Waals surface area contributed by atoms with E-state index in [-0.39, 0.29) is 5.57 Å². The highest BCUT2D eigenvalue weighted by molar-refractivity contribution is 6.01. The van der Waals surface area contributed by atoms with Crippen LogP contribution in [0, 0.1) is 11.3 Å². The van der Waals surface area contributed by atoms with Crippen LogP contribution in [-0.2, 0) is 11.3 Å². The Morgan fingerprint density at radius 2 is 1.47 bits per heavy atom. The van der Waals surface area contributed by atoms with Crippen LogP contribution in [0.4, 0.5) is 0 Å². The SMILES string of the molecule is CC.N#C/C(=C\c1ccc(/C=C/c2ccccc2)cc1)C(=O)NCc1ccncc1. The smallest absolute Gasteiger partial charge is 0.262 e. The molecule has 4 heteroatoms. The molecule has 2 aromatic carbocycles. The topological polar surface area (TPSA) is 65.8 Å². The minimum atomic E-state index is -0.396. The molecule has 0 radical (unpaired) electrons. The third kappa shape index (κ3) is 7.21. The Morgan fingerprint density at radius 3 is 2.07 bits per heavy atom. The van der Waals surface area contributed by atoms with Crippen molar-refractivity contribution in [2.24, 2.45) is 0 Å². The molecular weight excluding hydrogens is 370 g/mol. The van der Waals surface area contributed by atoms with E-state index in [1.165, 1.54) is 0 Å². The van der Waals surface area contributed by atoms with Gasteiger partial charge in [0.25, 0.3) is 5.91 Å². The molecular formula is C26H25N3O. The molecule has 0 spiro atoms. The third-order valence-electron chi connectivity index (χ3n) is 4.08. The third-order valence-corrected chi connectivity index (χ3v) is 4.08. The molecule has 3 aromatic rings. The molecule has 1 amide bonds. The number of benzene rings is 2. The molecule has 0 aliphatic heterocycles. The van der Waals surface area contributed by atoms with Gasteiger partial charge in [-0.3, -0.25) is 9.78 Å². The van der Waals surface area contributed by atoms with Gasteiger partial charge in [-0.25, -0.2) is 0 Å². The van der Waals surface area contributed by atoms with Gasteiger partial charge in [-0.15, -0.1) is 0 Å². The number of nitrogens with one attached hydrogen (secondary N) is 1. The summed E-state index contributed by atoms with van der Waals surface area (Å²) < 4.78 is 0. The molecule has 0 unspecified atom stereocenters. The fraction of sp³-hybridized carbons (Fsp3) is 0.115. The maximum atomic E-state index is 12.2. The number of rotatable bonds is 6. The van der Waals surface area contributed by atoms with Crippen LogP contribution in [0.15, 0.2) is 84.7 Å². The van der Waals surface area contributed by atoms with Crippen molar-refractivity contribution in [1.82, 2.24) is 10.3 Å². The van der Waals surface area contributed by atoms with Crippen LogP contribution in [0.1, 0.15) is 36.1 Å². The van der Waals surface area contributed by atoms with Gasteiger partial charge in [0.05, 0.1) is 0 Å². The fourth-order valence-corrected chi connectivity index (χ4v) is 2.55. The van der Waals surface area contributed by atoms with E-state index in [0.717, 1.165) is 22.3 Å². The van der Waals surface area contributed by atoms with Crippen LogP contribution in [0.2, 0.25) is 0 Å². The molecule has 0 aliphatic carbocycles. The summed E-state index contributed by atoms with van der Waals surface area (Å²) in [5.41, 5.74) is 3.97. The summed E-state index contributed by atoms with van der Waals surface area (Å²) in [6.07, 6.45) is 8.98. The Labute approximate surface area is 178 Å². The second kappa shape index (κ2) is 12.5. The van der Waals surface area contributed by atoms with Gasteiger partial charge in [0.1, 0.15) is 11.6 Å². The van der Waals surface area contributed by atoms with E-state index in [9.17, 15) is 10.1 Å². The summed E-state index contributed by atoms with van der Waals surface area (Å²) in [6, 6.07) is 23.3. The molecule has 1 N–H and O–H groups in total. The Bertz CT molecular complexity index is 1020. The molecule has 0 saturated carbocycles. The van der Waals surface area contributed by atoms with Crippen molar-refractivity contribution in [2.45, 2.75) is 20.4 Å². The lowest BCUT2D eigenvalue weighted by Crippen LogP contribution is -2.23. The highest BCUT2D eigenvalue weighted by Gasteiger charge is 2.08. The summed E-state index contributed by atoms with van der Waals surface area (Å²) in [5.74, 6) is -0.396. The molecule has 4 nitrogen and oxygen atoms in total. The molecule has 150 valence electrons. The van der Waals surface area contributed by atoms with Gasteiger partial charge in [-0.1, -0.05) is 80.6 Å². The number of hydrogen-bond donors (Lipinski definition) is 1. The number of nitriles is 1. The molecule has 1 heterocycles. The van der Waals surface area contributed by atoms with Crippen molar-refractivity contribution in [3.63, 3.8) is 0 Å². The van der Waals surface area contributed by atoms with Crippen LogP contribution in [0.5, 0.6) is 0 Å². The van der Waals surface area contributed by atoms with E-state index in [4.69, 9.17) is 0 Å². The Kier molecular flexibility index (Phi) is 9.29. The van der Waals surface area contributed by atoms with E-state index < -0.39 is 5.91 Å². The first-order valence-electron chi connectivity index (χ1n) is 9.87. The van der Waals surface area contributed by atoms with Crippen LogP contribution in [0.25, 0.3) is 18.2 Å². The first kappa shape index (κ1) is 22.3. The number of carbonyl (C=O) groups excluding carboxylic acids is 1. The molecule has 0 aliphatic rings. The molecule has 1 aromatic heterocycles. The van der Waals surface area contributed by atoms with Crippen LogP contribution in [0.3, 0.4) is 0 Å². The van der Waals surface area contributed by atoms with Gasteiger partial charge >= 0.3 is 0 Å². The second-order valence-electron chi connectivity index (χ2n) is 6.12. The van der Waals surface area contributed by atoms with Crippen molar-refractivity contribution in [2.75, 3.05) is 0 Å². The highest BCUT2D eigenvalue weighted by atomic mass is 16.1. The number of hydrogen-bond acceptors (Lipinski definition) is 3. The fourth-order valence-electron chi connectivity index (χ4n) is 2.55. The Balaban J connectivity index is 0.00000155. The quantitative estimate of drug-likeness (QED) is 0.340. The number of amides is 1. The molecule has 0 saturated heterocycles. The van der Waals surface area contributed by atoms with Crippen molar-refractivity contribution in [3.05, 3.63) is 107 Å². The first-order valence-corrected chi connectivity index (χ1v) is 9.87. The average molecular weight is 396 g/mol. The largest absolute Gasteiger partial charge is 0.347 e. The van der Waals surface area contributed by atoms with Crippen LogP contribution in [-0.4, -0.2) is 10.9 Å². The van der Waals surface area contributed by atoms with Crippen LogP contribution < -0.4 is 5.32 Å². The highest BCUT2D eigenvalue weighted by Crippen LogP contribution is 2.12. The zero-order valence-corrected chi connectivity index (χ0v) is 17.2. The van der Waals surface area contributed by atoms with E-state index in [1.807, 2.05) is 98.8 Å². The second-order valence-corrected chi connectivity index (χ2v) is 6.12. The summed E-state index contributed by atoms with van der Waals surface area (Å²) in [6.45, 7) is 4.35. The molecule has 0 atom stereocenters. The summed E-state index contributed by atoms with van der Waals surface area (Å²) in [4.78, 5) is 16.2. The predicted molar refractivity (Wildman–Crippen MR) is 123 cm³/mol. The lowest BCUT2D eigenvalue weighted by Gasteiger charge is -2.04. The van der Waals surface area contributed by atoms with Crippen molar-refractivity contribution >= 4 is 24.1 Å². The minimum absolute atomic E-state index is 0.0710. The maximum absolute atomic E-state index is 12.2. The van der Waals surface area contributed by atoms with E-state index in [2.05, 4.69) is 10.3 Å². The number of pyridine rings is 1. The molecule has 0 bridgehead atoms. The summed E-state index contributed by atoms with van der Waals surface area (Å²) >= 11 is 0. The first-order chi connectivity index (χ1) is 14.7. The van der Waals surface area contributed by atoms with Crippen molar-refractivity contribution < 1.29 is 4.79 Å². The van der Waals surface area contributed by atoms with Gasteiger partial charge in [-0.05, 0) is 40.5 Å². The average Bonchev–Trinajstić information content (AvgIpc) is 2.83. The maximum Gasteiger partial charge on any atom is 0.262 e. The van der Waals surface area contributed by atoms with Gasteiger partial charge < -0.3 is 5.32 Å². The zero-order valence-electron chi connectivity index (χ0n) is 17.2. The van der Waals surface area contributed by atoms with E-state index in [1.54, 1.807) is 18.5 Å². The summed E-state index contributed by atoms with van der Waals surface area (Å²) in [7, 11) is 0. The minimum Gasteiger partial charge on any atom is -0.347 e. The molecule has 0 fully saturated rings. The van der Waals surface area contributed by atoms with Crippen molar-refractivity contribution in [1.29, 1.82) is 5.26 Å². The lowest BCUT2D eigenvalue weighted by atomic mass is 10.1. The molecule has 3 rings (SSSR count). The van der Waals surface area contributed by atoms with E-state index in [0.29, 0.717) is 6.54 Å². The van der Waals surface area contributed by atoms with Crippen LogP contribution >= 0.6 is 0 Å².